The summed E-state index contributed by atoms with van der Waals surface area (Å²) in [5.74, 6) is 0.873. The lowest BCUT2D eigenvalue weighted by Gasteiger charge is -2.53. The summed E-state index contributed by atoms with van der Waals surface area (Å²) < 4.78 is 0. The molecule has 0 aliphatic rings. The molecule has 2 nitrogen and oxygen atoms in total. The van der Waals surface area contributed by atoms with Crippen LogP contribution in [0.3, 0.4) is 0 Å². The van der Waals surface area contributed by atoms with Gasteiger partial charge in [0.2, 0.25) is 0 Å². The summed E-state index contributed by atoms with van der Waals surface area (Å²) in [6.07, 6.45) is 1.87. The van der Waals surface area contributed by atoms with E-state index in [0.29, 0.717) is 0 Å². The van der Waals surface area contributed by atoms with Crippen molar-refractivity contribution in [3.8, 4) is 0 Å². The highest BCUT2D eigenvalue weighted by Crippen LogP contribution is 2.55. The van der Waals surface area contributed by atoms with Gasteiger partial charge in [-0.15, -0.1) is 0 Å². The minimum absolute atomic E-state index is 0.635. The maximum atomic E-state index is 4.91. The number of pyridine rings is 1. The Morgan fingerprint density at radius 3 is 1.03 bits per heavy atom. The van der Waals surface area contributed by atoms with Gasteiger partial charge in [-0.05, 0) is 34.4 Å². The topological polar surface area (TPSA) is 16.1 Å². The molecular weight excluding hydrogens is 462 g/mol. The third-order valence-corrected chi connectivity index (χ3v) is 8.29. The first kappa shape index (κ1) is 23.4. The fourth-order valence-electron chi connectivity index (χ4n) is 4.74. The van der Waals surface area contributed by atoms with Gasteiger partial charge in [0.05, 0.1) is 0 Å². The predicted molar refractivity (Wildman–Crippen MR) is 153 cm³/mol. The number of aromatic nitrogens is 1. The molecule has 0 saturated carbocycles. The van der Waals surface area contributed by atoms with E-state index in [1.165, 1.54) is 0 Å². The fourth-order valence-corrected chi connectivity index (χ4v) is 6.33. The maximum absolute atomic E-state index is 4.91. The van der Waals surface area contributed by atoms with Crippen LogP contribution in [-0.4, -0.2) is 4.98 Å². The van der Waals surface area contributed by atoms with Crippen molar-refractivity contribution in [1.29, 1.82) is 0 Å². The van der Waals surface area contributed by atoms with E-state index in [0.717, 1.165) is 28.1 Å². The van der Waals surface area contributed by atoms with Gasteiger partial charge in [-0.2, -0.15) is 0 Å². The molecule has 0 spiro atoms. The summed E-state index contributed by atoms with van der Waals surface area (Å²) >= 11 is 0. The zero-order valence-electron chi connectivity index (χ0n) is 19.4. The lowest BCUT2D eigenvalue weighted by Crippen LogP contribution is -2.53. The van der Waals surface area contributed by atoms with E-state index in [2.05, 4.69) is 157 Å². The molecule has 2 unspecified atom stereocenters. The highest BCUT2D eigenvalue weighted by molar-refractivity contribution is 7.21. The van der Waals surface area contributed by atoms with Crippen molar-refractivity contribution < 1.29 is 0 Å². The largest absolute Gasteiger partial charge is 0.322 e. The van der Waals surface area contributed by atoms with Gasteiger partial charge >= 0.3 is 0 Å². The summed E-state index contributed by atoms with van der Waals surface area (Å²) in [6.45, 7) is 0. The maximum Gasteiger partial charge on any atom is 0.130 e. The molecule has 0 radical (unpaired) electrons. The second-order valence-corrected chi connectivity index (χ2v) is 10.2. The fraction of sp³-hybridized carbons (Fsp3) is 0.0645. The van der Waals surface area contributed by atoms with E-state index >= 15 is 0 Å². The van der Waals surface area contributed by atoms with Crippen LogP contribution in [0.2, 0.25) is 0 Å². The van der Waals surface area contributed by atoms with E-state index < -0.39 is 10.6 Å². The van der Waals surface area contributed by atoms with E-state index in [1.54, 1.807) is 0 Å². The van der Waals surface area contributed by atoms with Crippen molar-refractivity contribution in [2.75, 3.05) is 4.90 Å². The average molecular weight is 491 g/mol. The molecule has 35 heavy (non-hydrogen) atoms. The van der Waals surface area contributed by atoms with Crippen molar-refractivity contribution >= 4 is 24.3 Å². The highest BCUT2D eigenvalue weighted by Gasteiger charge is 2.48. The van der Waals surface area contributed by atoms with Gasteiger partial charge in [0.1, 0.15) is 16.4 Å². The van der Waals surface area contributed by atoms with Gasteiger partial charge < -0.3 is 4.90 Å². The lowest BCUT2D eigenvalue weighted by atomic mass is 9.89. The number of nitrogens with zero attached hydrogens (tertiary/aromatic N) is 2. The molecule has 5 rings (SSSR count). The first-order chi connectivity index (χ1) is 17.1. The minimum atomic E-state index is -0.635. The van der Waals surface area contributed by atoms with Gasteiger partial charge in [-0.25, -0.2) is 4.98 Å². The number of anilines is 1. The Morgan fingerprint density at radius 1 is 0.429 bits per heavy atom. The summed E-state index contributed by atoms with van der Waals surface area (Å²) in [5.41, 5.74) is 4.61. The zero-order valence-corrected chi connectivity index (χ0v) is 21.7. The molecule has 0 aliphatic carbocycles. The summed E-state index contributed by atoms with van der Waals surface area (Å²) in [6, 6.07) is 48.7. The number of hydrogen-bond donors (Lipinski definition) is 0. The molecule has 1 heterocycles. The molecule has 1 aromatic heterocycles. The highest BCUT2D eigenvalue weighted by atomic mass is 31.0. The van der Waals surface area contributed by atoms with Gasteiger partial charge in [-0.3, -0.25) is 0 Å². The number of rotatable bonds is 7. The van der Waals surface area contributed by atoms with Crippen LogP contribution in [0.25, 0.3) is 0 Å². The third-order valence-electron chi connectivity index (χ3n) is 6.44. The van der Waals surface area contributed by atoms with E-state index in [1.807, 2.05) is 12.3 Å². The van der Waals surface area contributed by atoms with Crippen molar-refractivity contribution in [2.45, 2.75) is 10.6 Å². The van der Waals surface area contributed by atoms with Crippen LogP contribution >= 0.6 is 18.5 Å². The third kappa shape index (κ3) is 4.30. The van der Waals surface area contributed by atoms with Gasteiger partial charge in [0, 0.05) is 6.20 Å². The molecular formula is C31H28N2P2. The average Bonchev–Trinajstić information content (AvgIpc) is 2.95. The smallest absolute Gasteiger partial charge is 0.130 e. The van der Waals surface area contributed by atoms with Gasteiger partial charge in [-0.1, -0.05) is 146 Å². The van der Waals surface area contributed by atoms with Crippen LogP contribution in [0.5, 0.6) is 0 Å². The summed E-state index contributed by atoms with van der Waals surface area (Å²) in [5, 5.41) is -1.27. The van der Waals surface area contributed by atoms with Crippen LogP contribution in [-0.2, 0) is 10.6 Å². The molecule has 4 heteroatoms. The molecule has 0 saturated heterocycles. The predicted octanol–water partition coefficient (Wildman–Crippen LogP) is 7.44. The van der Waals surface area contributed by atoms with Crippen molar-refractivity contribution in [3.63, 3.8) is 0 Å². The first-order valence-corrected chi connectivity index (χ1v) is 12.8. The van der Waals surface area contributed by atoms with Crippen molar-refractivity contribution in [2.24, 2.45) is 0 Å². The standard InChI is InChI=1S/C31H28N2P2/c34-30(25-15-5-1-6-16-25,26-17-7-2-8-18-26)33(29-23-13-14-24-32-29)31(35,27-19-9-3-10-20-27)28-21-11-4-12-22-28/h1-24H,34-35H2. The molecule has 5 aromatic rings. The summed E-state index contributed by atoms with van der Waals surface area (Å²) in [4.78, 5) is 7.33. The van der Waals surface area contributed by atoms with E-state index in [9.17, 15) is 0 Å². The van der Waals surface area contributed by atoms with Crippen LogP contribution in [0.1, 0.15) is 22.3 Å². The Bertz CT molecular complexity index is 1180. The number of benzene rings is 4. The SMILES string of the molecule is PC(c1ccccc1)(c1ccccc1)N(c1ccccn1)C(P)(c1ccccc1)c1ccccc1. The minimum Gasteiger partial charge on any atom is -0.322 e. The second kappa shape index (κ2) is 10.1. The molecule has 0 fully saturated rings. The molecule has 2 atom stereocenters. The summed E-state index contributed by atoms with van der Waals surface area (Å²) in [7, 11) is 6.39. The Kier molecular flexibility index (Phi) is 6.78. The quantitative estimate of drug-likeness (QED) is 0.220. The van der Waals surface area contributed by atoms with E-state index in [4.69, 9.17) is 4.98 Å². The molecule has 0 aliphatic heterocycles. The van der Waals surface area contributed by atoms with Crippen LogP contribution in [0.4, 0.5) is 5.82 Å². The molecule has 4 aromatic carbocycles. The zero-order chi connectivity index (χ0) is 24.1. The molecule has 0 bridgehead atoms. The van der Waals surface area contributed by atoms with Crippen molar-refractivity contribution in [1.82, 2.24) is 4.98 Å². The van der Waals surface area contributed by atoms with Crippen LogP contribution in [0, 0.1) is 0 Å². The molecule has 0 amide bonds. The molecule has 0 N–H and O–H groups in total. The lowest BCUT2D eigenvalue weighted by molar-refractivity contribution is 0.550. The van der Waals surface area contributed by atoms with Crippen LogP contribution < -0.4 is 4.90 Å². The first-order valence-electron chi connectivity index (χ1n) is 11.7. The van der Waals surface area contributed by atoms with Crippen molar-refractivity contribution in [3.05, 3.63) is 168 Å². The van der Waals surface area contributed by atoms with Gasteiger partial charge in [0.25, 0.3) is 0 Å². The Morgan fingerprint density at radius 2 is 0.743 bits per heavy atom. The Hall–Kier alpha value is -3.31. The molecule has 172 valence electrons. The van der Waals surface area contributed by atoms with E-state index in [-0.39, 0.29) is 0 Å². The monoisotopic (exact) mass is 490 g/mol. The second-order valence-electron chi connectivity index (χ2n) is 8.52. The Labute approximate surface area is 212 Å². The van der Waals surface area contributed by atoms with Gasteiger partial charge in [0.15, 0.2) is 0 Å². The Balaban J connectivity index is 1.90. The van der Waals surface area contributed by atoms with Crippen LogP contribution in [0.15, 0.2) is 146 Å². The normalized spacial score (nSPS) is 11.7. The number of hydrogen-bond acceptors (Lipinski definition) is 2.